The Morgan fingerprint density at radius 2 is 2.50 bits per heavy atom. The van der Waals surface area contributed by atoms with E-state index in [9.17, 15) is 0 Å². The first-order valence-corrected chi connectivity index (χ1v) is 5.61. The van der Waals surface area contributed by atoms with E-state index in [1.165, 1.54) is 12.8 Å². The number of nitriles is 1. The molecule has 1 aromatic heterocycles. The summed E-state index contributed by atoms with van der Waals surface area (Å²) in [6, 6.07) is 8.16. The summed E-state index contributed by atoms with van der Waals surface area (Å²) in [5.41, 5.74) is 0.476. The minimum absolute atomic E-state index is 0.476. The molecule has 2 rings (SSSR count). The summed E-state index contributed by atoms with van der Waals surface area (Å²) in [6.45, 7) is 2.06. The zero-order valence-electron chi connectivity index (χ0n) is 9.48. The average molecular weight is 216 g/mol. The Hall–Kier alpha value is -1.60. The van der Waals surface area contributed by atoms with Crippen LogP contribution in [-0.2, 0) is 0 Å². The number of hydrogen-bond acceptors (Lipinski definition) is 4. The number of likely N-dealkylation sites (N-methyl/N-ethyl adjacent to an activating group) is 1. The lowest BCUT2D eigenvalue weighted by Crippen LogP contribution is -2.35. The molecule has 4 nitrogen and oxygen atoms in total. The third-order valence-electron chi connectivity index (χ3n) is 2.90. The predicted octanol–water partition coefficient (Wildman–Crippen LogP) is 1.14. The molecule has 1 fully saturated rings. The van der Waals surface area contributed by atoms with Crippen LogP contribution in [0.15, 0.2) is 18.2 Å². The van der Waals surface area contributed by atoms with Gasteiger partial charge in [-0.1, -0.05) is 6.07 Å². The molecule has 4 heteroatoms. The average Bonchev–Trinajstić information content (AvgIpc) is 2.82. The van der Waals surface area contributed by atoms with E-state index >= 15 is 0 Å². The van der Waals surface area contributed by atoms with Crippen LogP contribution >= 0.6 is 0 Å². The summed E-state index contributed by atoms with van der Waals surface area (Å²) in [7, 11) is 2.02. The lowest BCUT2D eigenvalue weighted by atomic mass is 10.2. The molecular weight excluding hydrogens is 200 g/mol. The maximum atomic E-state index is 8.78. The molecule has 84 valence electrons. The predicted molar refractivity (Wildman–Crippen MR) is 63.2 cm³/mol. The van der Waals surface area contributed by atoms with Gasteiger partial charge in [0.05, 0.1) is 0 Å². The molecule has 1 saturated heterocycles. The first-order chi connectivity index (χ1) is 7.79. The Kier molecular flexibility index (Phi) is 3.37. The topological polar surface area (TPSA) is 52.0 Å². The quantitative estimate of drug-likeness (QED) is 0.823. The number of anilines is 1. The van der Waals surface area contributed by atoms with E-state index in [1.54, 1.807) is 6.07 Å². The Bertz CT molecular complexity index is 390. The number of hydrogen-bond donors (Lipinski definition) is 1. The lowest BCUT2D eigenvalue weighted by Gasteiger charge is -2.22. The van der Waals surface area contributed by atoms with Crippen molar-refractivity contribution in [1.29, 1.82) is 5.26 Å². The highest BCUT2D eigenvalue weighted by atomic mass is 15.2. The van der Waals surface area contributed by atoms with Crippen molar-refractivity contribution in [3.63, 3.8) is 0 Å². The summed E-state index contributed by atoms with van der Waals surface area (Å²) in [5.74, 6) is 0.868. The van der Waals surface area contributed by atoms with Crippen molar-refractivity contribution in [2.45, 2.75) is 18.9 Å². The van der Waals surface area contributed by atoms with Crippen LogP contribution in [0, 0.1) is 11.3 Å². The maximum Gasteiger partial charge on any atom is 0.142 e. The van der Waals surface area contributed by atoms with E-state index in [-0.39, 0.29) is 0 Å². The van der Waals surface area contributed by atoms with Crippen molar-refractivity contribution >= 4 is 5.82 Å². The van der Waals surface area contributed by atoms with Gasteiger partial charge in [-0.05, 0) is 31.5 Å². The molecular formula is C12H16N4. The molecule has 0 bridgehead atoms. The Labute approximate surface area is 95.9 Å². The van der Waals surface area contributed by atoms with Crippen LogP contribution in [0.4, 0.5) is 5.82 Å². The third-order valence-corrected chi connectivity index (χ3v) is 2.90. The van der Waals surface area contributed by atoms with E-state index in [4.69, 9.17) is 5.26 Å². The molecule has 1 N–H and O–H groups in total. The van der Waals surface area contributed by atoms with Crippen molar-refractivity contribution < 1.29 is 0 Å². The fourth-order valence-corrected chi connectivity index (χ4v) is 2.03. The van der Waals surface area contributed by atoms with Crippen LogP contribution in [0.3, 0.4) is 0 Å². The zero-order chi connectivity index (χ0) is 11.4. The van der Waals surface area contributed by atoms with Gasteiger partial charge in [-0.3, -0.25) is 0 Å². The molecule has 1 atom stereocenters. The fourth-order valence-electron chi connectivity index (χ4n) is 2.03. The number of rotatable bonds is 3. The van der Waals surface area contributed by atoms with Crippen LogP contribution in [0.1, 0.15) is 18.5 Å². The van der Waals surface area contributed by atoms with Gasteiger partial charge in [0, 0.05) is 19.6 Å². The molecule has 1 aliphatic rings. The van der Waals surface area contributed by atoms with E-state index < -0.39 is 0 Å². The molecule has 0 aliphatic carbocycles. The highest BCUT2D eigenvalue weighted by Crippen LogP contribution is 2.12. The summed E-state index contributed by atoms with van der Waals surface area (Å²) < 4.78 is 0. The molecule has 0 saturated carbocycles. The van der Waals surface area contributed by atoms with Gasteiger partial charge in [-0.2, -0.15) is 5.26 Å². The Morgan fingerprint density at radius 1 is 1.62 bits per heavy atom. The number of aromatic nitrogens is 1. The van der Waals surface area contributed by atoms with Crippen molar-refractivity contribution in [3.05, 3.63) is 23.9 Å². The van der Waals surface area contributed by atoms with Gasteiger partial charge in [0.2, 0.25) is 0 Å². The monoisotopic (exact) mass is 216 g/mol. The second-order valence-corrected chi connectivity index (χ2v) is 4.17. The van der Waals surface area contributed by atoms with Crippen LogP contribution in [0.2, 0.25) is 0 Å². The normalized spacial score (nSPS) is 19.4. The smallest absolute Gasteiger partial charge is 0.142 e. The second-order valence-electron chi connectivity index (χ2n) is 4.17. The standard InChI is InChI=1S/C12H16N4/c1-16(9-11-5-3-7-14-11)12-6-2-4-10(8-13)15-12/h2,4,6,11,14H,3,5,7,9H2,1H3. The van der Waals surface area contributed by atoms with Crippen molar-refractivity contribution in [3.8, 4) is 6.07 Å². The van der Waals surface area contributed by atoms with E-state index in [0.29, 0.717) is 11.7 Å². The zero-order valence-corrected chi connectivity index (χ0v) is 9.48. The van der Waals surface area contributed by atoms with Crippen molar-refractivity contribution in [1.82, 2.24) is 10.3 Å². The molecule has 16 heavy (non-hydrogen) atoms. The minimum Gasteiger partial charge on any atom is -0.358 e. The molecule has 0 amide bonds. The highest BCUT2D eigenvalue weighted by Gasteiger charge is 2.16. The SMILES string of the molecule is CN(CC1CCCN1)c1cccc(C#N)n1. The van der Waals surface area contributed by atoms with Crippen LogP contribution in [0.5, 0.6) is 0 Å². The number of nitrogens with one attached hydrogen (secondary N) is 1. The fraction of sp³-hybridized carbons (Fsp3) is 0.500. The van der Waals surface area contributed by atoms with Crippen molar-refractivity contribution in [2.75, 3.05) is 25.0 Å². The van der Waals surface area contributed by atoms with Gasteiger partial charge in [-0.15, -0.1) is 0 Å². The van der Waals surface area contributed by atoms with E-state index in [0.717, 1.165) is 18.9 Å². The van der Waals surface area contributed by atoms with Crippen LogP contribution < -0.4 is 10.2 Å². The van der Waals surface area contributed by atoms with E-state index in [1.807, 2.05) is 19.2 Å². The third kappa shape index (κ3) is 2.50. The minimum atomic E-state index is 0.476. The first kappa shape index (κ1) is 10.9. The molecule has 0 radical (unpaired) electrons. The van der Waals surface area contributed by atoms with Crippen LogP contribution in [-0.4, -0.2) is 31.2 Å². The molecule has 1 aromatic rings. The number of nitrogens with zero attached hydrogens (tertiary/aromatic N) is 3. The Morgan fingerprint density at radius 3 is 3.19 bits per heavy atom. The first-order valence-electron chi connectivity index (χ1n) is 5.61. The van der Waals surface area contributed by atoms with Crippen molar-refractivity contribution in [2.24, 2.45) is 0 Å². The van der Waals surface area contributed by atoms with Gasteiger partial charge in [0.25, 0.3) is 0 Å². The summed E-state index contributed by atoms with van der Waals surface area (Å²) >= 11 is 0. The van der Waals surface area contributed by atoms with Gasteiger partial charge in [-0.25, -0.2) is 4.98 Å². The van der Waals surface area contributed by atoms with Crippen LogP contribution in [0.25, 0.3) is 0 Å². The molecule has 1 unspecified atom stereocenters. The van der Waals surface area contributed by atoms with E-state index in [2.05, 4.69) is 21.3 Å². The highest BCUT2D eigenvalue weighted by molar-refractivity contribution is 5.40. The van der Waals surface area contributed by atoms with Gasteiger partial charge < -0.3 is 10.2 Å². The van der Waals surface area contributed by atoms with Gasteiger partial charge in [0.1, 0.15) is 17.6 Å². The van der Waals surface area contributed by atoms with Gasteiger partial charge in [0.15, 0.2) is 0 Å². The molecule has 0 spiro atoms. The molecule has 2 heterocycles. The summed E-state index contributed by atoms with van der Waals surface area (Å²) in [4.78, 5) is 6.37. The maximum absolute atomic E-state index is 8.78. The second kappa shape index (κ2) is 4.95. The largest absolute Gasteiger partial charge is 0.358 e. The molecule has 0 aromatic carbocycles. The summed E-state index contributed by atoms with van der Waals surface area (Å²) in [5, 5.41) is 12.2. The lowest BCUT2D eigenvalue weighted by molar-refractivity contribution is 0.597. The summed E-state index contributed by atoms with van der Waals surface area (Å²) in [6.07, 6.45) is 2.48. The van der Waals surface area contributed by atoms with Gasteiger partial charge >= 0.3 is 0 Å². The molecule has 1 aliphatic heterocycles. The Balaban J connectivity index is 2.02. The number of pyridine rings is 1.